The summed E-state index contributed by atoms with van der Waals surface area (Å²) < 4.78 is 4.67. The Balaban J connectivity index is 2.19. The van der Waals surface area contributed by atoms with Gasteiger partial charge in [-0.15, -0.1) is 0 Å². The Morgan fingerprint density at radius 3 is 1.80 bits per heavy atom. The Kier molecular flexibility index (Phi) is 0.147. The molecule has 1 N–H and O–H groups in total. The summed E-state index contributed by atoms with van der Waals surface area (Å²) in [6.45, 7) is 0. The molecule has 1 unspecified atom stereocenters. The van der Waals surface area contributed by atoms with Crippen LogP contribution < -0.4 is 0 Å². The van der Waals surface area contributed by atoms with Gasteiger partial charge in [-0.2, -0.15) is 0 Å². The molecule has 2 heteroatoms. The van der Waals surface area contributed by atoms with Gasteiger partial charge in [0.05, 0.1) is 0 Å². The van der Waals surface area contributed by atoms with Gasteiger partial charge >= 0.3 is 0 Å². The van der Waals surface area contributed by atoms with Crippen LogP contribution in [0.3, 0.4) is 0 Å². The molecule has 0 aromatic rings. The van der Waals surface area contributed by atoms with Gasteiger partial charge in [0.2, 0.25) is 0 Å². The summed E-state index contributed by atoms with van der Waals surface area (Å²) in [5, 5.41) is 8.36. The predicted octanol–water partition coefficient (Wildman–Crippen LogP) is -0.872. The summed E-state index contributed by atoms with van der Waals surface area (Å²) in [6.07, 6.45) is 0.472. The van der Waals surface area contributed by atoms with Gasteiger partial charge in [0.1, 0.15) is 18.3 Å². The van der Waals surface area contributed by atoms with Crippen molar-refractivity contribution in [1.29, 1.82) is 0 Å². The molecule has 0 aromatic carbocycles. The van der Waals surface area contributed by atoms with Crippen molar-refractivity contribution >= 4 is 0 Å². The molecule has 1 heterocycles. The smallest absolute Gasteiger partial charge is 0.115 e. The fraction of sp³-hybridized carbons (Fsp3) is 1.00. The zero-order valence-corrected chi connectivity index (χ0v) is 2.59. The molecular weight excluding hydrogens is 68.0 g/mol. The third-order valence-corrected chi connectivity index (χ3v) is 1.09. The highest BCUT2D eigenvalue weighted by atomic mass is 16.7. The van der Waals surface area contributed by atoms with Gasteiger partial charge in [0, 0.05) is 0 Å². The molecule has 28 valence electrons. The number of fused-ring (bicyclic) bond motifs is 1. The maximum Gasteiger partial charge on any atom is 0.115 e. The van der Waals surface area contributed by atoms with E-state index in [0.717, 1.165) is 0 Å². The van der Waals surface area contributed by atoms with Crippen LogP contribution in [0.15, 0.2) is 0 Å². The molecular formula is C3H4O2. The largest absolute Gasteiger partial charge is 0.387 e. The standard InChI is InChI=1S/C3H4O2/c4-1-2-3(1)5-2/h1-4H/t1?,2-,3+. The van der Waals surface area contributed by atoms with Crippen LogP contribution in [0.25, 0.3) is 0 Å². The monoisotopic (exact) mass is 72.0 g/mol. The van der Waals surface area contributed by atoms with Crippen molar-refractivity contribution in [2.24, 2.45) is 0 Å². The third kappa shape index (κ3) is 0.102. The predicted molar refractivity (Wildman–Crippen MR) is 14.7 cm³/mol. The second-order valence-electron chi connectivity index (χ2n) is 1.56. The van der Waals surface area contributed by atoms with E-state index in [4.69, 9.17) is 5.11 Å². The molecule has 0 bridgehead atoms. The zero-order chi connectivity index (χ0) is 3.44. The lowest BCUT2D eigenvalue weighted by atomic mass is 10.8. The molecule has 0 spiro atoms. The zero-order valence-electron chi connectivity index (χ0n) is 2.59. The highest BCUT2D eigenvalue weighted by molar-refractivity contribution is 5.14. The SMILES string of the molecule is OC1[C@H]2O[C@@H]12. The Bertz CT molecular complexity index is 56.5. The molecule has 0 radical (unpaired) electrons. The number of aliphatic hydroxyl groups is 1. The average Bonchev–Trinajstić information content (AvgIpc) is 2.11. The maximum atomic E-state index is 8.36. The van der Waals surface area contributed by atoms with E-state index < -0.39 is 0 Å². The Morgan fingerprint density at radius 1 is 1.40 bits per heavy atom. The molecule has 2 nitrogen and oxygen atoms in total. The van der Waals surface area contributed by atoms with Crippen LogP contribution >= 0.6 is 0 Å². The molecule has 2 rings (SSSR count). The number of aliphatic hydroxyl groups excluding tert-OH is 1. The second-order valence-corrected chi connectivity index (χ2v) is 1.56. The van der Waals surface area contributed by atoms with Gasteiger partial charge in [0.25, 0.3) is 0 Å². The van der Waals surface area contributed by atoms with Crippen LogP contribution in [0, 0.1) is 0 Å². The fourth-order valence-corrected chi connectivity index (χ4v) is 0.450. The minimum atomic E-state index is -0.0741. The number of hydrogen-bond donors (Lipinski definition) is 1. The van der Waals surface area contributed by atoms with Crippen molar-refractivity contribution < 1.29 is 9.84 Å². The van der Waals surface area contributed by atoms with Crippen molar-refractivity contribution in [1.82, 2.24) is 0 Å². The Morgan fingerprint density at radius 2 is 1.80 bits per heavy atom. The fourth-order valence-electron chi connectivity index (χ4n) is 0.450. The first-order valence-electron chi connectivity index (χ1n) is 1.73. The van der Waals surface area contributed by atoms with Gasteiger partial charge in [-0.05, 0) is 0 Å². The van der Waals surface area contributed by atoms with Gasteiger partial charge in [-0.1, -0.05) is 0 Å². The molecule has 1 saturated carbocycles. The minimum Gasteiger partial charge on any atom is -0.387 e. The first kappa shape index (κ1) is 2.16. The van der Waals surface area contributed by atoms with Crippen LogP contribution in [0.4, 0.5) is 0 Å². The lowest BCUT2D eigenvalue weighted by Crippen LogP contribution is -1.97. The maximum absolute atomic E-state index is 8.36. The number of hydrogen-bond acceptors (Lipinski definition) is 2. The molecule has 0 aromatic heterocycles. The Labute approximate surface area is 29.4 Å². The van der Waals surface area contributed by atoms with Crippen molar-refractivity contribution in [3.63, 3.8) is 0 Å². The summed E-state index contributed by atoms with van der Waals surface area (Å²) >= 11 is 0. The van der Waals surface area contributed by atoms with E-state index in [1.165, 1.54) is 0 Å². The van der Waals surface area contributed by atoms with E-state index >= 15 is 0 Å². The normalized spacial score (nSPS) is 70.2. The van der Waals surface area contributed by atoms with Gasteiger partial charge in [0.15, 0.2) is 0 Å². The van der Waals surface area contributed by atoms with Crippen LogP contribution in [0.1, 0.15) is 0 Å². The summed E-state index contributed by atoms with van der Waals surface area (Å²) in [5.74, 6) is 0. The van der Waals surface area contributed by atoms with Crippen molar-refractivity contribution in [2.45, 2.75) is 18.3 Å². The van der Waals surface area contributed by atoms with E-state index in [-0.39, 0.29) is 18.3 Å². The second kappa shape index (κ2) is 0.340. The van der Waals surface area contributed by atoms with E-state index in [9.17, 15) is 0 Å². The van der Waals surface area contributed by atoms with Crippen molar-refractivity contribution in [3.8, 4) is 0 Å². The van der Waals surface area contributed by atoms with E-state index in [1.807, 2.05) is 0 Å². The first-order chi connectivity index (χ1) is 2.39. The highest BCUT2D eigenvalue weighted by Gasteiger charge is 2.67. The molecule has 2 fully saturated rings. The third-order valence-electron chi connectivity index (χ3n) is 1.09. The Hall–Kier alpha value is -0.0800. The minimum absolute atomic E-state index is 0.0741. The molecule has 5 heavy (non-hydrogen) atoms. The summed E-state index contributed by atoms with van der Waals surface area (Å²) in [7, 11) is 0. The molecule has 1 saturated heterocycles. The van der Waals surface area contributed by atoms with E-state index in [2.05, 4.69) is 4.74 Å². The number of rotatable bonds is 0. The molecule has 0 amide bonds. The van der Waals surface area contributed by atoms with Crippen LogP contribution in [-0.2, 0) is 4.74 Å². The van der Waals surface area contributed by atoms with E-state index in [0.29, 0.717) is 0 Å². The van der Waals surface area contributed by atoms with Crippen LogP contribution in [0.2, 0.25) is 0 Å². The molecule has 3 atom stereocenters. The van der Waals surface area contributed by atoms with E-state index in [1.54, 1.807) is 0 Å². The van der Waals surface area contributed by atoms with Crippen LogP contribution in [0.5, 0.6) is 0 Å². The topological polar surface area (TPSA) is 32.8 Å². The lowest BCUT2D eigenvalue weighted by Gasteiger charge is -1.83. The first-order valence-corrected chi connectivity index (χ1v) is 1.73. The average molecular weight is 72.1 g/mol. The molecule has 1 aliphatic carbocycles. The summed E-state index contributed by atoms with van der Waals surface area (Å²) in [5.41, 5.74) is 0. The van der Waals surface area contributed by atoms with Crippen LogP contribution in [-0.4, -0.2) is 23.4 Å². The van der Waals surface area contributed by atoms with Crippen molar-refractivity contribution in [2.75, 3.05) is 0 Å². The summed E-state index contributed by atoms with van der Waals surface area (Å²) in [4.78, 5) is 0. The lowest BCUT2D eigenvalue weighted by molar-refractivity contribution is 0.100. The highest BCUT2D eigenvalue weighted by Crippen LogP contribution is 2.46. The number of epoxide rings is 1. The van der Waals surface area contributed by atoms with Gasteiger partial charge < -0.3 is 9.84 Å². The quantitative estimate of drug-likeness (QED) is 0.377. The molecule has 2 aliphatic rings. The number of ether oxygens (including phenoxy) is 1. The van der Waals surface area contributed by atoms with Crippen molar-refractivity contribution in [3.05, 3.63) is 0 Å². The van der Waals surface area contributed by atoms with Gasteiger partial charge in [-0.25, -0.2) is 0 Å². The molecule has 1 aliphatic heterocycles. The summed E-state index contributed by atoms with van der Waals surface area (Å²) in [6, 6.07) is 0. The van der Waals surface area contributed by atoms with Gasteiger partial charge in [-0.3, -0.25) is 0 Å².